The van der Waals surface area contributed by atoms with Crippen LogP contribution in [0, 0.1) is 17.3 Å². The summed E-state index contributed by atoms with van der Waals surface area (Å²) in [5.74, 6) is 5.49. The lowest BCUT2D eigenvalue weighted by atomic mass is 9.82. The Kier molecular flexibility index (Phi) is 3.52. The Balaban J connectivity index is 2.62. The zero-order valence-electron chi connectivity index (χ0n) is 9.59. The maximum Gasteiger partial charge on any atom is 0.229 e. The molecule has 0 unspecified atom stereocenters. The summed E-state index contributed by atoms with van der Waals surface area (Å²) in [5, 5.41) is 0. The van der Waals surface area contributed by atoms with Crippen LogP contribution in [0.4, 0.5) is 0 Å². The van der Waals surface area contributed by atoms with Crippen LogP contribution in [0.2, 0.25) is 0 Å². The molecule has 0 saturated carbocycles. The van der Waals surface area contributed by atoms with Crippen molar-refractivity contribution in [3.8, 4) is 11.8 Å². The Morgan fingerprint density at radius 1 is 1.27 bits per heavy atom. The van der Waals surface area contributed by atoms with Gasteiger partial charge in [-0.25, -0.2) is 0 Å². The highest BCUT2D eigenvalue weighted by Gasteiger charge is 2.36. The molecule has 1 heterocycles. The number of hydrogen-bond acceptors (Lipinski definition) is 2. The molecule has 0 aromatic heterocycles. The number of hydrogen-bond donors (Lipinski definition) is 0. The van der Waals surface area contributed by atoms with Gasteiger partial charge in [-0.1, -0.05) is 13.8 Å². The molecule has 0 atom stereocenters. The lowest BCUT2D eigenvalue weighted by molar-refractivity contribution is -0.152. The molecular weight excluding hydrogens is 190 g/mol. The van der Waals surface area contributed by atoms with E-state index in [-0.39, 0.29) is 17.2 Å². The zero-order valence-corrected chi connectivity index (χ0v) is 9.59. The van der Waals surface area contributed by atoms with Crippen molar-refractivity contribution < 1.29 is 9.59 Å². The van der Waals surface area contributed by atoms with E-state index in [1.54, 1.807) is 6.92 Å². The standard InChI is InChI=1S/C12H17NO2/c1-4-5-6-7-13-10(14)8-12(2,3)9-11(13)15/h6-9H2,1-3H3. The van der Waals surface area contributed by atoms with Crippen LogP contribution < -0.4 is 0 Å². The van der Waals surface area contributed by atoms with Gasteiger partial charge in [-0.3, -0.25) is 14.5 Å². The van der Waals surface area contributed by atoms with Gasteiger partial charge in [0.1, 0.15) is 0 Å². The average molecular weight is 207 g/mol. The van der Waals surface area contributed by atoms with Crippen molar-refractivity contribution in [1.82, 2.24) is 4.90 Å². The molecule has 2 amide bonds. The molecule has 82 valence electrons. The molecule has 1 rings (SSSR count). The van der Waals surface area contributed by atoms with Crippen LogP contribution in [0.25, 0.3) is 0 Å². The van der Waals surface area contributed by atoms with Gasteiger partial charge in [0, 0.05) is 25.8 Å². The molecule has 0 aromatic rings. The zero-order chi connectivity index (χ0) is 11.5. The molecule has 0 bridgehead atoms. The third kappa shape index (κ3) is 3.09. The summed E-state index contributed by atoms with van der Waals surface area (Å²) in [6, 6.07) is 0. The maximum absolute atomic E-state index is 11.7. The Morgan fingerprint density at radius 2 is 1.80 bits per heavy atom. The highest BCUT2D eigenvalue weighted by Crippen LogP contribution is 2.31. The monoisotopic (exact) mass is 207 g/mol. The summed E-state index contributed by atoms with van der Waals surface area (Å²) in [6.07, 6.45) is 1.49. The molecule has 0 spiro atoms. The summed E-state index contributed by atoms with van der Waals surface area (Å²) in [6.45, 7) is 6.09. The number of carbonyl (C=O) groups is 2. The van der Waals surface area contributed by atoms with Crippen molar-refractivity contribution in [3.63, 3.8) is 0 Å². The van der Waals surface area contributed by atoms with Gasteiger partial charge < -0.3 is 0 Å². The van der Waals surface area contributed by atoms with E-state index in [4.69, 9.17) is 0 Å². The third-order valence-electron chi connectivity index (χ3n) is 2.50. The fraction of sp³-hybridized carbons (Fsp3) is 0.667. The van der Waals surface area contributed by atoms with E-state index < -0.39 is 0 Å². The van der Waals surface area contributed by atoms with Gasteiger partial charge in [-0.15, -0.1) is 11.8 Å². The van der Waals surface area contributed by atoms with Crippen molar-refractivity contribution in [1.29, 1.82) is 0 Å². The van der Waals surface area contributed by atoms with Crippen molar-refractivity contribution in [2.45, 2.75) is 40.0 Å². The minimum absolute atomic E-state index is 0.0610. The molecule has 3 nitrogen and oxygen atoms in total. The summed E-state index contributed by atoms with van der Waals surface area (Å²) >= 11 is 0. The molecular formula is C12H17NO2. The smallest absolute Gasteiger partial charge is 0.229 e. The van der Waals surface area contributed by atoms with Crippen LogP contribution in [0.1, 0.15) is 40.0 Å². The number of piperidine rings is 1. The van der Waals surface area contributed by atoms with Gasteiger partial charge in [0.05, 0.1) is 0 Å². The average Bonchev–Trinajstić information content (AvgIpc) is 2.08. The fourth-order valence-electron chi connectivity index (χ4n) is 1.75. The number of carbonyl (C=O) groups excluding carboxylic acids is 2. The predicted molar refractivity (Wildman–Crippen MR) is 57.8 cm³/mol. The predicted octanol–water partition coefficient (Wildman–Crippen LogP) is 1.57. The van der Waals surface area contributed by atoms with E-state index >= 15 is 0 Å². The van der Waals surface area contributed by atoms with Gasteiger partial charge >= 0.3 is 0 Å². The molecule has 0 aliphatic carbocycles. The molecule has 3 heteroatoms. The fourth-order valence-corrected chi connectivity index (χ4v) is 1.75. The lowest BCUT2D eigenvalue weighted by Gasteiger charge is -2.34. The van der Waals surface area contributed by atoms with E-state index in [1.165, 1.54) is 4.90 Å². The summed E-state index contributed by atoms with van der Waals surface area (Å²) in [7, 11) is 0. The van der Waals surface area contributed by atoms with Gasteiger partial charge in [0.15, 0.2) is 0 Å². The summed E-state index contributed by atoms with van der Waals surface area (Å²) in [4.78, 5) is 24.7. The van der Waals surface area contributed by atoms with E-state index in [0.29, 0.717) is 25.8 Å². The van der Waals surface area contributed by atoms with Crippen LogP contribution >= 0.6 is 0 Å². The number of amides is 2. The number of nitrogens with zero attached hydrogens (tertiary/aromatic N) is 1. The maximum atomic E-state index is 11.7. The van der Waals surface area contributed by atoms with Crippen LogP contribution in [0.15, 0.2) is 0 Å². The quantitative estimate of drug-likeness (QED) is 0.509. The largest absolute Gasteiger partial charge is 0.282 e. The van der Waals surface area contributed by atoms with E-state index in [1.807, 2.05) is 13.8 Å². The van der Waals surface area contributed by atoms with Crippen molar-refractivity contribution >= 4 is 11.8 Å². The number of likely N-dealkylation sites (tertiary alicyclic amines) is 1. The van der Waals surface area contributed by atoms with Crippen molar-refractivity contribution in [2.75, 3.05) is 6.54 Å². The number of rotatable bonds is 2. The second kappa shape index (κ2) is 4.48. The minimum Gasteiger partial charge on any atom is -0.282 e. The molecule has 1 fully saturated rings. The van der Waals surface area contributed by atoms with Crippen molar-refractivity contribution in [3.05, 3.63) is 0 Å². The Morgan fingerprint density at radius 3 is 2.27 bits per heavy atom. The molecule has 0 N–H and O–H groups in total. The molecule has 1 saturated heterocycles. The topological polar surface area (TPSA) is 37.4 Å². The Bertz CT molecular complexity index is 313. The third-order valence-corrected chi connectivity index (χ3v) is 2.50. The van der Waals surface area contributed by atoms with Gasteiger partial charge in [0.2, 0.25) is 11.8 Å². The van der Waals surface area contributed by atoms with Crippen LogP contribution in [0.5, 0.6) is 0 Å². The molecule has 0 aromatic carbocycles. The first-order valence-electron chi connectivity index (χ1n) is 5.19. The first-order chi connectivity index (χ1) is 6.96. The molecule has 15 heavy (non-hydrogen) atoms. The van der Waals surface area contributed by atoms with E-state index in [9.17, 15) is 9.59 Å². The lowest BCUT2D eigenvalue weighted by Crippen LogP contribution is -2.46. The molecule has 1 aliphatic rings. The highest BCUT2D eigenvalue weighted by molar-refractivity contribution is 5.98. The van der Waals surface area contributed by atoms with Gasteiger partial charge in [0.25, 0.3) is 0 Å². The van der Waals surface area contributed by atoms with E-state index in [0.717, 1.165) is 0 Å². The van der Waals surface area contributed by atoms with Crippen LogP contribution in [-0.2, 0) is 9.59 Å². The van der Waals surface area contributed by atoms with Crippen LogP contribution in [-0.4, -0.2) is 23.3 Å². The molecule has 1 aliphatic heterocycles. The van der Waals surface area contributed by atoms with Gasteiger partial charge in [-0.05, 0) is 12.3 Å². The Labute approximate surface area is 90.8 Å². The molecule has 0 radical (unpaired) electrons. The Hall–Kier alpha value is -1.30. The van der Waals surface area contributed by atoms with Gasteiger partial charge in [-0.2, -0.15) is 0 Å². The first-order valence-corrected chi connectivity index (χ1v) is 5.19. The van der Waals surface area contributed by atoms with Crippen LogP contribution in [0.3, 0.4) is 0 Å². The van der Waals surface area contributed by atoms with E-state index in [2.05, 4.69) is 11.8 Å². The first kappa shape index (κ1) is 11.8. The minimum atomic E-state index is -0.179. The second-order valence-corrected chi connectivity index (χ2v) is 4.63. The second-order valence-electron chi connectivity index (χ2n) is 4.63. The summed E-state index contributed by atoms with van der Waals surface area (Å²) in [5.41, 5.74) is -0.179. The van der Waals surface area contributed by atoms with Crippen molar-refractivity contribution in [2.24, 2.45) is 5.41 Å². The highest BCUT2D eigenvalue weighted by atomic mass is 16.2. The normalized spacial score (nSPS) is 19.8. The number of imide groups is 1. The SMILES string of the molecule is CC#CCCN1C(=O)CC(C)(C)CC1=O. The summed E-state index contributed by atoms with van der Waals surface area (Å²) < 4.78 is 0.